The molecular weight excluding hydrogens is 562 g/mol. The first-order valence-corrected chi connectivity index (χ1v) is 19.6. The Hall–Kier alpha value is -3.11. The molecule has 1 aliphatic heterocycles. The van der Waals surface area contributed by atoms with E-state index in [4.69, 9.17) is 14.2 Å². The quantitative estimate of drug-likeness (QED) is 0.124. The molecule has 1 fully saturated rings. The number of esters is 1. The molecule has 0 spiro atoms. The number of pyridine rings is 1. The Bertz CT molecular complexity index is 1270. The van der Waals surface area contributed by atoms with Gasteiger partial charge in [-0.1, -0.05) is 63.3 Å². The van der Waals surface area contributed by atoms with Gasteiger partial charge in [-0.2, -0.15) is 0 Å². The minimum atomic E-state index is -1.30. The average Bonchev–Trinajstić information content (AvgIpc) is 3.78. The van der Waals surface area contributed by atoms with Crippen LogP contribution in [0.15, 0.2) is 47.4 Å². The molecule has 10 heteroatoms. The van der Waals surface area contributed by atoms with E-state index in [1.54, 1.807) is 10.9 Å². The summed E-state index contributed by atoms with van der Waals surface area (Å²) < 4.78 is 19.7. The molecule has 4 rings (SSSR count). The molecule has 236 valence electrons. The molecule has 43 heavy (non-hydrogen) atoms. The molecule has 1 aromatic carbocycles. The highest BCUT2D eigenvalue weighted by molar-refractivity contribution is 6.76. The first-order valence-electron chi connectivity index (χ1n) is 15.8. The van der Waals surface area contributed by atoms with E-state index in [-0.39, 0.29) is 47.7 Å². The Morgan fingerprint density at radius 1 is 1.05 bits per heavy atom. The number of hydrogen-bond acceptors (Lipinski definition) is 7. The lowest BCUT2D eigenvalue weighted by Crippen LogP contribution is -2.62. The van der Waals surface area contributed by atoms with E-state index in [1.807, 2.05) is 35.2 Å². The van der Waals surface area contributed by atoms with Crippen LogP contribution in [0.1, 0.15) is 80.9 Å². The second-order valence-electron chi connectivity index (χ2n) is 13.0. The second-order valence-corrected chi connectivity index (χ2v) is 18.6. The molecule has 1 aliphatic carbocycles. The summed E-state index contributed by atoms with van der Waals surface area (Å²) in [6.07, 6.45) is 6.92. The third-order valence-electron chi connectivity index (χ3n) is 8.00. The van der Waals surface area contributed by atoms with E-state index in [9.17, 15) is 14.4 Å². The predicted octanol–water partition coefficient (Wildman–Crippen LogP) is 5.94. The normalized spacial score (nSPS) is 17.5. The van der Waals surface area contributed by atoms with Crippen molar-refractivity contribution in [2.45, 2.75) is 96.7 Å². The summed E-state index contributed by atoms with van der Waals surface area (Å²) in [5.74, 6) is 0.0685. The number of nitrogens with zero attached hydrogens (tertiary/aromatic N) is 3. The monoisotopic (exact) mass is 611 g/mol. The Morgan fingerprint density at radius 2 is 1.79 bits per heavy atom. The van der Waals surface area contributed by atoms with Gasteiger partial charge in [0, 0.05) is 40.4 Å². The van der Waals surface area contributed by atoms with Gasteiger partial charge >= 0.3 is 5.97 Å². The lowest BCUT2D eigenvalue weighted by Gasteiger charge is -2.46. The van der Waals surface area contributed by atoms with Crippen LogP contribution in [0.25, 0.3) is 0 Å². The van der Waals surface area contributed by atoms with E-state index in [0.717, 1.165) is 37.3 Å². The average molecular weight is 612 g/mol. The Kier molecular flexibility index (Phi) is 11.5. The first-order chi connectivity index (χ1) is 20.6. The van der Waals surface area contributed by atoms with E-state index < -0.39 is 8.07 Å². The summed E-state index contributed by atoms with van der Waals surface area (Å²) in [4.78, 5) is 41.1. The zero-order chi connectivity index (χ0) is 31.0. The molecule has 9 nitrogen and oxygen atoms in total. The largest absolute Gasteiger partial charge is 0.487 e. The molecular formula is C33H49N3O6Si. The number of unbranched alkanes of at least 4 members (excludes halogenated alkanes) is 1. The SMILES string of the molecule is CCCCOc1c2n(ccc1=O)N(COCC[Si](C)(C)C)C(CCCC(OC(C)=O)c1ccccc1)N(CC1CC1)C2=O. The van der Waals surface area contributed by atoms with Crippen molar-refractivity contribution < 1.29 is 23.8 Å². The number of carbonyl (C=O) groups is 2. The summed E-state index contributed by atoms with van der Waals surface area (Å²) in [5, 5.41) is 2.07. The van der Waals surface area contributed by atoms with Crippen LogP contribution in [0, 0.1) is 5.92 Å². The molecule has 1 saturated carbocycles. The van der Waals surface area contributed by atoms with Crippen LogP contribution < -0.4 is 15.2 Å². The fourth-order valence-corrected chi connectivity index (χ4v) is 6.13. The van der Waals surface area contributed by atoms with Crippen molar-refractivity contribution in [3.63, 3.8) is 0 Å². The summed E-state index contributed by atoms with van der Waals surface area (Å²) in [6, 6.07) is 12.3. The van der Waals surface area contributed by atoms with Gasteiger partial charge in [-0.15, -0.1) is 0 Å². The summed E-state index contributed by atoms with van der Waals surface area (Å²) in [5.41, 5.74) is 0.943. The highest BCUT2D eigenvalue weighted by atomic mass is 28.3. The molecule has 1 aromatic heterocycles. The number of carbonyl (C=O) groups excluding carboxylic acids is 2. The van der Waals surface area contributed by atoms with Crippen molar-refractivity contribution in [3.8, 4) is 5.75 Å². The predicted molar refractivity (Wildman–Crippen MR) is 171 cm³/mol. The first kappa shape index (κ1) is 32.8. The molecule has 0 saturated heterocycles. The van der Waals surface area contributed by atoms with Gasteiger partial charge in [-0.05, 0) is 56.1 Å². The summed E-state index contributed by atoms with van der Waals surface area (Å²) in [7, 11) is -1.30. The smallest absolute Gasteiger partial charge is 0.303 e. The van der Waals surface area contributed by atoms with Gasteiger partial charge in [0.1, 0.15) is 19.0 Å². The van der Waals surface area contributed by atoms with Gasteiger partial charge in [0.2, 0.25) is 5.43 Å². The molecule has 2 unspecified atom stereocenters. The minimum absolute atomic E-state index is 0.117. The van der Waals surface area contributed by atoms with Crippen molar-refractivity contribution in [2.75, 3.05) is 31.5 Å². The summed E-state index contributed by atoms with van der Waals surface area (Å²) >= 11 is 0. The maximum Gasteiger partial charge on any atom is 0.303 e. The molecule has 0 N–H and O–H groups in total. The molecule has 1 amide bonds. The van der Waals surface area contributed by atoms with Crippen LogP contribution in [0.5, 0.6) is 5.75 Å². The Balaban J connectivity index is 1.64. The standard InChI is InChI=1S/C33H49N3O6Si/c1-6-7-20-41-32-28(38)18-19-35-31(32)33(39)34(23-26-16-17-26)30(36(35)24-40-21-22-43(3,4)5)15-11-14-29(42-25(2)37)27-12-9-8-10-13-27/h8-10,12-13,18-19,26,29-30H,6-7,11,14-17,20-24H2,1-5H3. The zero-order valence-electron chi connectivity index (χ0n) is 26.5. The molecule has 0 bridgehead atoms. The number of ether oxygens (including phenoxy) is 3. The Labute approximate surface area is 257 Å². The van der Waals surface area contributed by atoms with Crippen LogP contribution >= 0.6 is 0 Å². The van der Waals surface area contributed by atoms with Gasteiger partial charge < -0.3 is 19.1 Å². The van der Waals surface area contributed by atoms with Crippen LogP contribution in [-0.2, 0) is 14.3 Å². The lowest BCUT2D eigenvalue weighted by molar-refractivity contribution is -0.147. The fraction of sp³-hybridized carbons (Fsp3) is 0.606. The van der Waals surface area contributed by atoms with Gasteiger partial charge in [0.15, 0.2) is 11.4 Å². The fourth-order valence-electron chi connectivity index (χ4n) is 5.37. The maximum atomic E-state index is 14.2. The van der Waals surface area contributed by atoms with E-state index in [0.29, 0.717) is 44.9 Å². The number of rotatable bonds is 17. The number of hydrogen-bond donors (Lipinski definition) is 0. The van der Waals surface area contributed by atoms with Gasteiger partial charge in [-0.3, -0.25) is 24.1 Å². The van der Waals surface area contributed by atoms with Crippen molar-refractivity contribution in [1.82, 2.24) is 9.58 Å². The lowest BCUT2D eigenvalue weighted by atomic mass is 10.0. The van der Waals surface area contributed by atoms with Crippen molar-refractivity contribution in [2.24, 2.45) is 5.92 Å². The second kappa shape index (κ2) is 15.1. The molecule has 0 radical (unpaired) electrons. The zero-order valence-corrected chi connectivity index (χ0v) is 27.5. The molecule has 2 aliphatic rings. The third-order valence-corrected chi connectivity index (χ3v) is 9.71. The minimum Gasteiger partial charge on any atom is -0.487 e. The summed E-state index contributed by atoms with van der Waals surface area (Å²) in [6.45, 7) is 12.4. The van der Waals surface area contributed by atoms with E-state index in [1.165, 1.54) is 13.0 Å². The molecule has 2 aromatic rings. The van der Waals surface area contributed by atoms with Crippen molar-refractivity contribution in [1.29, 1.82) is 0 Å². The molecule has 2 atom stereocenters. The van der Waals surface area contributed by atoms with Gasteiger partial charge in [0.25, 0.3) is 5.91 Å². The van der Waals surface area contributed by atoms with E-state index >= 15 is 0 Å². The Morgan fingerprint density at radius 3 is 2.44 bits per heavy atom. The van der Waals surface area contributed by atoms with Crippen LogP contribution in [-0.4, -0.2) is 62.2 Å². The number of fused-ring (bicyclic) bond motifs is 1. The highest BCUT2D eigenvalue weighted by Crippen LogP contribution is 2.35. The number of amides is 1. The number of benzene rings is 1. The van der Waals surface area contributed by atoms with E-state index in [2.05, 4.69) is 31.6 Å². The van der Waals surface area contributed by atoms with Gasteiger partial charge in [-0.25, -0.2) is 0 Å². The highest BCUT2D eigenvalue weighted by Gasteiger charge is 2.42. The van der Waals surface area contributed by atoms with Crippen LogP contribution in [0.2, 0.25) is 25.7 Å². The number of aromatic nitrogens is 1. The van der Waals surface area contributed by atoms with Gasteiger partial charge in [0.05, 0.1) is 6.61 Å². The van der Waals surface area contributed by atoms with Crippen molar-refractivity contribution in [3.05, 3.63) is 64.1 Å². The van der Waals surface area contributed by atoms with Crippen molar-refractivity contribution >= 4 is 20.0 Å². The third kappa shape index (κ3) is 9.19. The molecule has 2 heterocycles. The van der Waals surface area contributed by atoms with Crippen LogP contribution in [0.3, 0.4) is 0 Å². The van der Waals surface area contributed by atoms with Crippen LogP contribution in [0.4, 0.5) is 0 Å². The topological polar surface area (TPSA) is 90.3 Å². The maximum absolute atomic E-state index is 14.2.